The van der Waals surface area contributed by atoms with Gasteiger partial charge in [-0.3, -0.25) is 0 Å². The average molecular weight is 381 g/mol. The van der Waals surface area contributed by atoms with Crippen molar-refractivity contribution in [2.45, 2.75) is 16.8 Å². The number of hydrogen-bond acceptors (Lipinski definition) is 4. The van der Waals surface area contributed by atoms with E-state index in [4.69, 9.17) is 5.73 Å². The minimum absolute atomic E-state index is 0.0287. The molecule has 0 bridgehead atoms. The molecule has 0 saturated heterocycles. The standard InChI is InChI=1S/C17H11F4N3OS/c18-13-11-7-26-15-14(10(11)5-6-12(13)25)24(23-16(15)17(19,20)21)9-3-1-8(22)2-4-9/h1-6,25H,7,22H2. The van der Waals surface area contributed by atoms with Crippen LogP contribution in [0, 0.1) is 5.82 Å². The van der Waals surface area contributed by atoms with Gasteiger partial charge in [0.25, 0.3) is 0 Å². The van der Waals surface area contributed by atoms with Crippen molar-refractivity contribution in [3.8, 4) is 22.7 Å². The van der Waals surface area contributed by atoms with Gasteiger partial charge in [-0.05, 0) is 36.4 Å². The average Bonchev–Trinajstić information content (AvgIpc) is 2.99. The van der Waals surface area contributed by atoms with E-state index < -0.39 is 23.4 Å². The first-order valence-electron chi connectivity index (χ1n) is 7.47. The molecular formula is C17H11F4N3OS. The van der Waals surface area contributed by atoms with Gasteiger partial charge in [0.1, 0.15) is 0 Å². The number of aromatic hydroxyl groups is 1. The summed E-state index contributed by atoms with van der Waals surface area (Å²) >= 11 is 0.847. The van der Waals surface area contributed by atoms with Crippen LogP contribution in [0.15, 0.2) is 41.3 Å². The fourth-order valence-electron chi connectivity index (χ4n) is 2.88. The van der Waals surface area contributed by atoms with Gasteiger partial charge in [-0.2, -0.15) is 18.3 Å². The predicted octanol–water partition coefficient (Wildman–Crippen LogP) is 4.59. The third kappa shape index (κ3) is 2.50. The summed E-state index contributed by atoms with van der Waals surface area (Å²) < 4.78 is 55.8. The van der Waals surface area contributed by atoms with E-state index in [0.29, 0.717) is 11.4 Å². The van der Waals surface area contributed by atoms with Crippen LogP contribution in [0.4, 0.5) is 23.2 Å². The monoisotopic (exact) mass is 381 g/mol. The van der Waals surface area contributed by atoms with Crippen LogP contribution < -0.4 is 5.73 Å². The van der Waals surface area contributed by atoms with Gasteiger partial charge in [0.05, 0.1) is 16.3 Å². The highest BCUT2D eigenvalue weighted by atomic mass is 32.2. The molecule has 2 heterocycles. The highest BCUT2D eigenvalue weighted by molar-refractivity contribution is 7.98. The summed E-state index contributed by atoms with van der Waals surface area (Å²) in [4.78, 5) is -0.0630. The second kappa shape index (κ2) is 5.66. The molecule has 9 heteroatoms. The van der Waals surface area contributed by atoms with E-state index in [2.05, 4.69) is 5.10 Å². The van der Waals surface area contributed by atoms with Crippen LogP contribution in [-0.4, -0.2) is 14.9 Å². The molecule has 26 heavy (non-hydrogen) atoms. The number of rotatable bonds is 1. The summed E-state index contributed by atoms with van der Waals surface area (Å²) in [5.41, 5.74) is 6.01. The number of anilines is 1. The minimum atomic E-state index is -4.65. The third-order valence-corrected chi connectivity index (χ3v) is 5.20. The van der Waals surface area contributed by atoms with Crippen LogP contribution >= 0.6 is 11.8 Å². The summed E-state index contributed by atoms with van der Waals surface area (Å²) in [6.07, 6.45) is -4.65. The Labute approximate surface area is 149 Å². The van der Waals surface area contributed by atoms with Crippen molar-refractivity contribution in [2.75, 3.05) is 5.73 Å². The molecule has 0 amide bonds. The van der Waals surface area contributed by atoms with E-state index in [-0.39, 0.29) is 27.5 Å². The van der Waals surface area contributed by atoms with Crippen LogP contribution in [0.3, 0.4) is 0 Å². The molecule has 0 saturated carbocycles. The van der Waals surface area contributed by atoms with Crippen molar-refractivity contribution < 1.29 is 22.7 Å². The van der Waals surface area contributed by atoms with Crippen LogP contribution in [0.1, 0.15) is 11.3 Å². The second-order valence-corrected chi connectivity index (χ2v) is 6.73. The van der Waals surface area contributed by atoms with Crippen LogP contribution in [-0.2, 0) is 11.9 Å². The van der Waals surface area contributed by atoms with E-state index in [1.54, 1.807) is 24.3 Å². The molecular weight excluding hydrogens is 370 g/mol. The Morgan fingerprint density at radius 2 is 1.81 bits per heavy atom. The lowest BCUT2D eigenvalue weighted by Gasteiger charge is -2.19. The summed E-state index contributed by atoms with van der Waals surface area (Å²) in [5, 5.41) is 13.3. The van der Waals surface area contributed by atoms with E-state index in [1.165, 1.54) is 6.07 Å². The van der Waals surface area contributed by atoms with E-state index in [1.807, 2.05) is 0 Å². The lowest BCUT2D eigenvalue weighted by atomic mass is 10.0. The largest absolute Gasteiger partial charge is 0.505 e. The summed E-state index contributed by atoms with van der Waals surface area (Å²) in [6, 6.07) is 8.70. The molecule has 0 aliphatic carbocycles. The Bertz CT molecular complexity index is 1010. The molecule has 0 radical (unpaired) electrons. The lowest BCUT2D eigenvalue weighted by molar-refractivity contribution is -0.143. The fraction of sp³-hybridized carbons (Fsp3) is 0.118. The molecule has 0 spiro atoms. The van der Waals surface area contributed by atoms with Crippen LogP contribution in [0.25, 0.3) is 16.9 Å². The molecule has 1 aliphatic rings. The van der Waals surface area contributed by atoms with Gasteiger partial charge in [0, 0.05) is 22.6 Å². The summed E-state index contributed by atoms with van der Waals surface area (Å²) in [7, 11) is 0. The topological polar surface area (TPSA) is 64.1 Å². The Hall–Kier alpha value is -2.68. The predicted molar refractivity (Wildman–Crippen MR) is 89.6 cm³/mol. The Morgan fingerprint density at radius 1 is 1.12 bits per heavy atom. The SMILES string of the molecule is Nc1ccc(-n2nc(C(F)(F)F)c3c2-c2ccc(O)c(F)c2CS3)cc1. The maximum Gasteiger partial charge on any atom is 0.436 e. The first kappa shape index (κ1) is 16.8. The minimum Gasteiger partial charge on any atom is -0.505 e. The number of benzene rings is 2. The second-order valence-electron chi connectivity index (χ2n) is 5.74. The van der Waals surface area contributed by atoms with Crippen LogP contribution in [0.2, 0.25) is 0 Å². The van der Waals surface area contributed by atoms with E-state index in [9.17, 15) is 22.7 Å². The van der Waals surface area contributed by atoms with Crippen molar-refractivity contribution in [2.24, 2.45) is 0 Å². The normalized spacial score (nSPS) is 13.4. The number of phenols is 1. The van der Waals surface area contributed by atoms with E-state index in [0.717, 1.165) is 22.5 Å². The number of alkyl halides is 3. The lowest BCUT2D eigenvalue weighted by Crippen LogP contribution is -2.08. The van der Waals surface area contributed by atoms with Crippen molar-refractivity contribution >= 4 is 17.4 Å². The van der Waals surface area contributed by atoms with Gasteiger partial charge in [-0.15, -0.1) is 11.8 Å². The highest BCUT2D eigenvalue weighted by Crippen LogP contribution is 2.49. The Balaban J connectivity index is 2.04. The van der Waals surface area contributed by atoms with Crippen molar-refractivity contribution in [1.82, 2.24) is 9.78 Å². The van der Waals surface area contributed by atoms with Gasteiger partial charge in [-0.1, -0.05) is 0 Å². The molecule has 4 nitrogen and oxygen atoms in total. The molecule has 0 atom stereocenters. The highest BCUT2D eigenvalue weighted by Gasteiger charge is 2.42. The number of nitrogen functional groups attached to an aromatic ring is 1. The molecule has 2 aromatic carbocycles. The zero-order valence-electron chi connectivity index (χ0n) is 13.0. The van der Waals surface area contributed by atoms with Gasteiger partial charge in [0.15, 0.2) is 17.3 Å². The molecule has 4 rings (SSSR count). The molecule has 3 aromatic rings. The quantitative estimate of drug-likeness (QED) is 0.478. The number of halogens is 4. The number of nitrogens with zero attached hydrogens (tertiary/aromatic N) is 2. The first-order chi connectivity index (χ1) is 12.3. The molecule has 1 aliphatic heterocycles. The fourth-order valence-corrected chi connectivity index (χ4v) is 4.08. The molecule has 3 N–H and O–H groups in total. The number of nitrogens with two attached hydrogens (primary N) is 1. The number of aromatic nitrogens is 2. The summed E-state index contributed by atoms with van der Waals surface area (Å²) in [5.74, 6) is -1.40. The van der Waals surface area contributed by atoms with E-state index >= 15 is 0 Å². The van der Waals surface area contributed by atoms with Crippen LogP contribution in [0.5, 0.6) is 5.75 Å². The Kier molecular flexibility index (Phi) is 3.65. The maximum atomic E-state index is 14.3. The zero-order valence-corrected chi connectivity index (χ0v) is 13.8. The van der Waals surface area contributed by atoms with Crippen molar-refractivity contribution in [3.05, 3.63) is 53.5 Å². The molecule has 0 unspecified atom stereocenters. The van der Waals surface area contributed by atoms with Crippen molar-refractivity contribution in [1.29, 1.82) is 0 Å². The number of fused-ring (bicyclic) bond motifs is 3. The van der Waals surface area contributed by atoms with Crippen molar-refractivity contribution in [3.63, 3.8) is 0 Å². The Morgan fingerprint density at radius 3 is 2.46 bits per heavy atom. The molecule has 0 fully saturated rings. The van der Waals surface area contributed by atoms with Gasteiger partial charge in [0.2, 0.25) is 0 Å². The molecule has 134 valence electrons. The summed E-state index contributed by atoms with van der Waals surface area (Å²) in [6.45, 7) is 0. The molecule has 1 aromatic heterocycles. The first-order valence-corrected chi connectivity index (χ1v) is 8.45. The third-order valence-electron chi connectivity index (χ3n) is 4.09. The zero-order chi connectivity index (χ0) is 18.6. The smallest absolute Gasteiger partial charge is 0.436 e. The number of phenolic OH excluding ortho intramolecular Hbond substituents is 1. The number of hydrogen-bond donors (Lipinski definition) is 2. The van der Waals surface area contributed by atoms with Gasteiger partial charge >= 0.3 is 6.18 Å². The maximum absolute atomic E-state index is 14.3. The van der Waals surface area contributed by atoms with Gasteiger partial charge in [-0.25, -0.2) is 9.07 Å². The van der Waals surface area contributed by atoms with Gasteiger partial charge < -0.3 is 10.8 Å². The number of thioether (sulfide) groups is 1.